The molecule has 7 heteroatoms. The standard InChI is InChI=1S/C18H22O7/c1-7(19)24-10-5-9-14(18(9,2)3)11-8(15(20)22-4)6-23-17-13(11)12(10)16(21)25-17/h6,9-14,17H,5H2,1-4H3/t9-,10+,11-,12+,13+,14-,17-/m0/s1. The Hall–Kier alpha value is -2.05. The molecule has 2 aliphatic heterocycles. The largest absolute Gasteiger partial charge is 0.466 e. The monoisotopic (exact) mass is 350 g/mol. The zero-order valence-corrected chi connectivity index (χ0v) is 14.7. The molecule has 0 aromatic carbocycles. The van der Waals surface area contributed by atoms with E-state index in [-0.39, 0.29) is 29.1 Å². The second-order valence-electron chi connectivity index (χ2n) is 7.97. The van der Waals surface area contributed by atoms with Crippen molar-refractivity contribution in [1.29, 1.82) is 0 Å². The van der Waals surface area contributed by atoms with Crippen LogP contribution in [0.1, 0.15) is 27.2 Å². The Kier molecular flexibility index (Phi) is 3.43. The molecule has 0 N–H and O–H groups in total. The number of esters is 3. The van der Waals surface area contributed by atoms with Crippen LogP contribution < -0.4 is 0 Å². The first-order chi connectivity index (χ1) is 11.8. The van der Waals surface area contributed by atoms with Crippen molar-refractivity contribution in [3.05, 3.63) is 11.8 Å². The molecule has 25 heavy (non-hydrogen) atoms. The highest BCUT2D eigenvalue weighted by molar-refractivity contribution is 5.89. The van der Waals surface area contributed by atoms with E-state index in [1.54, 1.807) is 0 Å². The predicted octanol–water partition coefficient (Wildman–Crippen LogP) is 1.41. The number of carbonyl (C=O) groups excluding carboxylic acids is 3. The molecule has 1 saturated heterocycles. The lowest BCUT2D eigenvalue weighted by Crippen LogP contribution is -2.42. The van der Waals surface area contributed by atoms with E-state index in [0.717, 1.165) is 0 Å². The van der Waals surface area contributed by atoms with Gasteiger partial charge in [0, 0.05) is 12.8 Å². The first-order valence-corrected chi connectivity index (χ1v) is 8.59. The van der Waals surface area contributed by atoms with Crippen molar-refractivity contribution in [2.75, 3.05) is 7.11 Å². The minimum atomic E-state index is -0.746. The van der Waals surface area contributed by atoms with Crippen molar-refractivity contribution in [2.45, 2.75) is 39.6 Å². The lowest BCUT2D eigenvalue weighted by atomic mass is 9.72. The number of ether oxygens (including phenoxy) is 4. The van der Waals surface area contributed by atoms with Gasteiger partial charge in [-0.15, -0.1) is 0 Å². The zero-order chi connectivity index (χ0) is 18.1. The molecule has 2 saturated carbocycles. The highest BCUT2D eigenvalue weighted by Crippen LogP contribution is 2.70. The molecule has 3 fully saturated rings. The molecule has 0 bridgehead atoms. The van der Waals surface area contributed by atoms with E-state index < -0.39 is 36.2 Å². The van der Waals surface area contributed by atoms with E-state index in [4.69, 9.17) is 18.9 Å². The molecule has 136 valence electrons. The summed E-state index contributed by atoms with van der Waals surface area (Å²) in [7, 11) is 1.33. The summed E-state index contributed by atoms with van der Waals surface area (Å²) >= 11 is 0. The molecule has 0 amide bonds. The molecule has 0 radical (unpaired) electrons. The van der Waals surface area contributed by atoms with E-state index in [1.807, 2.05) is 0 Å². The zero-order valence-electron chi connectivity index (χ0n) is 14.7. The van der Waals surface area contributed by atoms with Crippen LogP contribution in [0.25, 0.3) is 0 Å². The third-order valence-electron chi connectivity index (χ3n) is 6.49. The summed E-state index contributed by atoms with van der Waals surface area (Å²) in [5.74, 6) is -2.03. The smallest absolute Gasteiger partial charge is 0.337 e. The Bertz CT molecular complexity index is 679. The molecule has 4 rings (SSSR count). The highest BCUT2D eigenvalue weighted by atomic mass is 16.7. The van der Waals surface area contributed by atoms with Crippen molar-refractivity contribution in [1.82, 2.24) is 0 Å². The summed E-state index contributed by atoms with van der Waals surface area (Å²) < 4.78 is 21.4. The lowest BCUT2D eigenvalue weighted by Gasteiger charge is -2.35. The Morgan fingerprint density at radius 2 is 2.00 bits per heavy atom. The molecule has 0 unspecified atom stereocenters. The fourth-order valence-corrected chi connectivity index (χ4v) is 5.35. The fraction of sp³-hybridized carbons (Fsp3) is 0.722. The number of carbonyl (C=O) groups is 3. The molecule has 0 aromatic rings. The van der Waals surface area contributed by atoms with Crippen molar-refractivity contribution in [3.8, 4) is 0 Å². The van der Waals surface area contributed by atoms with Crippen LogP contribution in [-0.2, 0) is 33.3 Å². The third-order valence-corrected chi connectivity index (χ3v) is 6.49. The predicted molar refractivity (Wildman–Crippen MR) is 82.5 cm³/mol. The second kappa shape index (κ2) is 5.22. The summed E-state index contributed by atoms with van der Waals surface area (Å²) in [6, 6.07) is 0. The van der Waals surface area contributed by atoms with E-state index in [2.05, 4.69) is 13.8 Å². The number of hydrogen-bond acceptors (Lipinski definition) is 7. The van der Waals surface area contributed by atoms with Crippen molar-refractivity contribution >= 4 is 17.9 Å². The SMILES string of the molecule is COC(=O)C1=CO[C@H]2OC(=O)[C@H]3[C@H]2[C@H]1[C@@H]1[C@H](C[C@H]3OC(C)=O)C1(C)C. The molecule has 2 heterocycles. The minimum Gasteiger partial charge on any atom is -0.466 e. The van der Waals surface area contributed by atoms with Crippen LogP contribution in [-0.4, -0.2) is 37.4 Å². The van der Waals surface area contributed by atoms with E-state index in [0.29, 0.717) is 12.0 Å². The topological polar surface area (TPSA) is 88.1 Å². The van der Waals surface area contributed by atoms with Crippen LogP contribution in [0.15, 0.2) is 11.8 Å². The normalized spacial score (nSPS) is 42.6. The van der Waals surface area contributed by atoms with Crippen LogP contribution >= 0.6 is 0 Å². The maximum Gasteiger partial charge on any atom is 0.337 e. The molecule has 0 spiro atoms. The van der Waals surface area contributed by atoms with Crippen LogP contribution in [0.3, 0.4) is 0 Å². The highest BCUT2D eigenvalue weighted by Gasteiger charge is 2.71. The van der Waals surface area contributed by atoms with Gasteiger partial charge in [0.1, 0.15) is 12.0 Å². The van der Waals surface area contributed by atoms with Gasteiger partial charge in [-0.1, -0.05) is 13.8 Å². The Morgan fingerprint density at radius 1 is 1.28 bits per heavy atom. The van der Waals surface area contributed by atoms with Gasteiger partial charge in [0.05, 0.1) is 24.9 Å². The average molecular weight is 350 g/mol. The van der Waals surface area contributed by atoms with Gasteiger partial charge in [0.25, 0.3) is 0 Å². The number of methoxy groups -OCH3 is 1. The fourth-order valence-electron chi connectivity index (χ4n) is 5.35. The van der Waals surface area contributed by atoms with Crippen LogP contribution in [0.2, 0.25) is 0 Å². The van der Waals surface area contributed by atoms with Gasteiger partial charge >= 0.3 is 17.9 Å². The summed E-state index contributed by atoms with van der Waals surface area (Å²) in [5.41, 5.74) is 0.422. The number of fused-ring (bicyclic) bond motifs is 2. The van der Waals surface area contributed by atoms with Crippen molar-refractivity contribution < 1.29 is 33.3 Å². The molecule has 0 aromatic heterocycles. The van der Waals surface area contributed by atoms with E-state index in [1.165, 1.54) is 20.3 Å². The lowest BCUT2D eigenvalue weighted by molar-refractivity contribution is -0.163. The van der Waals surface area contributed by atoms with Crippen molar-refractivity contribution in [3.63, 3.8) is 0 Å². The molecular weight excluding hydrogens is 328 g/mol. The maximum absolute atomic E-state index is 12.5. The van der Waals surface area contributed by atoms with Gasteiger partial charge in [-0.25, -0.2) is 4.79 Å². The summed E-state index contributed by atoms with van der Waals surface area (Å²) in [6.07, 6.45) is 0.667. The quantitative estimate of drug-likeness (QED) is 0.549. The molecule has 7 atom stereocenters. The molecule has 7 nitrogen and oxygen atoms in total. The summed E-state index contributed by atoms with van der Waals surface area (Å²) in [4.78, 5) is 36.4. The first-order valence-electron chi connectivity index (χ1n) is 8.59. The van der Waals surface area contributed by atoms with E-state index in [9.17, 15) is 14.4 Å². The molecule has 4 aliphatic rings. The average Bonchev–Trinajstić information content (AvgIpc) is 2.94. The van der Waals surface area contributed by atoms with Crippen molar-refractivity contribution in [2.24, 2.45) is 35.0 Å². The molecular formula is C18H22O7. The van der Waals surface area contributed by atoms with Gasteiger partial charge in [0.2, 0.25) is 6.29 Å². The van der Waals surface area contributed by atoms with Crippen LogP contribution in [0.5, 0.6) is 0 Å². The Morgan fingerprint density at radius 3 is 2.64 bits per heavy atom. The molecule has 2 aliphatic carbocycles. The number of hydrogen-bond donors (Lipinski definition) is 0. The van der Waals surface area contributed by atoms with Crippen LogP contribution in [0, 0.1) is 35.0 Å². The first kappa shape index (κ1) is 16.4. The summed E-state index contributed by atoms with van der Waals surface area (Å²) in [6.45, 7) is 5.63. The minimum absolute atomic E-state index is 0.0192. The third kappa shape index (κ3) is 2.20. The van der Waals surface area contributed by atoms with Gasteiger partial charge < -0.3 is 18.9 Å². The van der Waals surface area contributed by atoms with Crippen LogP contribution in [0.4, 0.5) is 0 Å². The number of rotatable bonds is 2. The Balaban J connectivity index is 1.79. The van der Waals surface area contributed by atoms with Gasteiger partial charge in [0.15, 0.2) is 0 Å². The Labute approximate surface area is 145 Å². The second-order valence-corrected chi connectivity index (χ2v) is 7.97. The maximum atomic E-state index is 12.5. The van der Waals surface area contributed by atoms with Gasteiger partial charge in [-0.05, 0) is 23.7 Å². The summed E-state index contributed by atoms with van der Waals surface area (Å²) in [5, 5.41) is 0. The van der Waals surface area contributed by atoms with Gasteiger partial charge in [-0.3, -0.25) is 9.59 Å². The van der Waals surface area contributed by atoms with Gasteiger partial charge in [-0.2, -0.15) is 0 Å². The van der Waals surface area contributed by atoms with E-state index >= 15 is 0 Å².